The van der Waals surface area contributed by atoms with Gasteiger partial charge in [-0.2, -0.15) is 0 Å². The Morgan fingerprint density at radius 1 is 1.09 bits per heavy atom. The van der Waals surface area contributed by atoms with Crippen LogP contribution in [0.3, 0.4) is 0 Å². The van der Waals surface area contributed by atoms with Crippen molar-refractivity contribution in [1.29, 1.82) is 0 Å². The summed E-state index contributed by atoms with van der Waals surface area (Å²) in [6.45, 7) is 0.751. The third kappa shape index (κ3) is 3.07. The standard InChI is InChI=1S/C16H12ClNO5/c17-9-4-5-12(18-16(20)21)11(8-9)14(19)10-2-1-3-13-15(10)23-7-6-22-13/h1-5,8,18H,6-7H2,(H,20,21). The highest BCUT2D eigenvalue weighted by atomic mass is 35.5. The first-order valence-electron chi connectivity index (χ1n) is 6.79. The molecule has 3 rings (SSSR count). The number of carbonyl (C=O) groups is 2. The van der Waals surface area contributed by atoms with Crippen LogP contribution in [0, 0.1) is 0 Å². The number of benzene rings is 2. The Bertz CT molecular complexity index is 790. The lowest BCUT2D eigenvalue weighted by Gasteiger charge is -2.20. The van der Waals surface area contributed by atoms with E-state index in [1.807, 2.05) is 0 Å². The molecule has 1 aliphatic heterocycles. The highest BCUT2D eigenvalue weighted by molar-refractivity contribution is 6.31. The number of carbonyl (C=O) groups excluding carboxylic acids is 1. The Morgan fingerprint density at radius 3 is 2.65 bits per heavy atom. The number of ether oxygens (including phenoxy) is 2. The molecule has 0 aliphatic carbocycles. The van der Waals surface area contributed by atoms with Crippen molar-refractivity contribution in [3.05, 3.63) is 52.5 Å². The fourth-order valence-electron chi connectivity index (χ4n) is 2.33. The van der Waals surface area contributed by atoms with Gasteiger partial charge in [0.2, 0.25) is 0 Å². The van der Waals surface area contributed by atoms with Crippen LogP contribution in [0.4, 0.5) is 10.5 Å². The summed E-state index contributed by atoms with van der Waals surface area (Å²) >= 11 is 5.94. The number of hydrogen-bond acceptors (Lipinski definition) is 4. The summed E-state index contributed by atoms with van der Waals surface area (Å²) < 4.78 is 11.0. The fraction of sp³-hybridized carbons (Fsp3) is 0.125. The molecular formula is C16H12ClNO5. The molecule has 2 N–H and O–H groups in total. The van der Waals surface area contributed by atoms with E-state index in [9.17, 15) is 9.59 Å². The monoisotopic (exact) mass is 333 g/mol. The Labute approximate surface area is 136 Å². The average Bonchev–Trinajstić information content (AvgIpc) is 2.55. The second kappa shape index (κ2) is 6.18. The average molecular weight is 334 g/mol. The lowest BCUT2D eigenvalue weighted by atomic mass is 10.00. The molecule has 0 aromatic heterocycles. The highest BCUT2D eigenvalue weighted by Crippen LogP contribution is 2.36. The van der Waals surface area contributed by atoms with Gasteiger partial charge in [-0.05, 0) is 30.3 Å². The number of ketones is 1. The van der Waals surface area contributed by atoms with Crippen molar-refractivity contribution in [3.8, 4) is 11.5 Å². The SMILES string of the molecule is O=C(O)Nc1ccc(Cl)cc1C(=O)c1cccc2c1OCCO2. The molecule has 2 aromatic rings. The molecule has 0 bridgehead atoms. The van der Waals surface area contributed by atoms with Crippen molar-refractivity contribution < 1.29 is 24.2 Å². The van der Waals surface area contributed by atoms with E-state index in [4.69, 9.17) is 26.2 Å². The maximum absolute atomic E-state index is 12.8. The zero-order valence-corrected chi connectivity index (χ0v) is 12.6. The normalized spacial score (nSPS) is 12.6. The molecule has 0 atom stereocenters. The van der Waals surface area contributed by atoms with Crippen LogP contribution < -0.4 is 14.8 Å². The lowest BCUT2D eigenvalue weighted by molar-refractivity contribution is 0.102. The summed E-state index contributed by atoms with van der Waals surface area (Å²) in [5.41, 5.74) is 0.585. The minimum atomic E-state index is -1.27. The summed E-state index contributed by atoms with van der Waals surface area (Å²) in [5.74, 6) is 0.431. The van der Waals surface area contributed by atoms with Crippen LogP contribution in [-0.2, 0) is 0 Å². The molecule has 0 radical (unpaired) electrons. The van der Waals surface area contributed by atoms with Crippen molar-refractivity contribution in [3.63, 3.8) is 0 Å². The van der Waals surface area contributed by atoms with Crippen LogP contribution in [0.2, 0.25) is 5.02 Å². The van der Waals surface area contributed by atoms with Crippen LogP contribution in [0.5, 0.6) is 11.5 Å². The summed E-state index contributed by atoms with van der Waals surface area (Å²) in [4.78, 5) is 23.7. The summed E-state index contributed by atoms with van der Waals surface area (Å²) in [6.07, 6.45) is -1.27. The van der Waals surface area contributed by atoms with Gasteiger partial charge in [-0.15, -0.1) is 0 Å². The zero-order valence-electron chi connectivity index (χ0n) is 11.8. The van der Waals surface area contributed by atoms with Crippen molar-refractivity contribution in [1.82, 2.24) is 0 Å². The van der Waals surface area contributed by atoms with E-state index in [1.54, 1.807) is 18.2 Å². The van der Waals surface area contributed by atoms with Crippen molar-refractivity contribution in [2.24, 2.45) is 0 Å². The number of halogens is 1. The second-order valence-electron chi connectivity index (χ2n) is 4.78. The molecule has 23 heavy (non-hydrogen) atoms. The molecule has 7 heteroatoms. The third-order valence-electron chi connectivity index (χ3n) is 3.28. The smallest absolute Gasteiger partial charge is 0.409 e. The van der Waals surface area contributed by atoms with Gasteiger partial charge in [-0.1, -0.05) is 17.7 Å². The number of anilines is 1. The first kappa shape index (κ1) is 15.2. The molecule has 1 amide bonds. The first-order valence-corrected chi connectivity index (χ1v) is 7.17. The first-order chi connectivity index (χ1) is 11.1. The number of rotatable bonds is 3. The van der Waals surface area contributed by atoms with Gasteiger partial charge >= 0.3 is 6.09 Å². The van der Waals surface area contributed by atoms with Gasteiger partial charge in [0.15, 0.2) is 17.3 Å². The molecule has 0 spiro atoms. The van der Waals surface area contributed by atoms with Crippen LogP contribution in [0.1, 0.15) is 15.9 Å². The Kier molecular flexibility index (Phi) is 4.08. The number of carboxylic acid groups (broad SMARTS) is 1. The molecule has 2 aromatic carbocycles. The van der Waals surface area contributed by atoms with E-state index in [2.05, 4.69) is 5.32 Å². The largest absolute Gasteiger partial charge is 0.486 e. The topological polar surface area (TPSA) is 84.9 Å². The number of para-hydroxylation sites is 1. The predicted molar refractivity (Wildman–Crippen MR) is 84.0 cm³/mol. The van der Waals surface area contributed by atoms with E-state index in [0.29, 0.717) is 29.7 Å². The van der Waals surface area contributed by atoms with Gasteiger partial charge < -0.3 is 14.6 Å². The van der Waals surface area contributed by atoms with Gasteiger partial charge in [-0.3, -0.25) is 10.1 Å². The molecule has 0 unspecified atom stereocenters. The maximum Gasteiger partial charge on any atom is 0.409 e. The van der Waals surface area contributed by atoms with E-state index in [0.717, 1.165) is 0 Å². The molecule has 118 valence electrons. The van der Waals surface area contributed by atoms with Crippen molar-refractivity contribution in [2.45, 2.75) is 0 Å². The number of nitrogens with one attached hydrogen (secondary N) is 1. The zero-order chi connectivity index (χ0) is 16.4. The van der Waals surface area contributed by atoms with Crippen LogP contribution in [0.25, 0.3) is 0 Å². The summed E-state index contributed by atoms with van der Waals surface area (Å²) in [7, 11) is 0. The summed E-state index contributed by atoms with van der Waals surface area (Å²) in [6, 6.07) is 9.34. The maximum atomic E-state index is 12.8. The van der Waals surface area contributed by atoms with Crippen molar-refractivity contribution >= 4 is 29.2 Å². The number of fused-ring (bicyclic) bond motifs is 1. The number of hydrogen-bond donors (Lipinski definition) is 2. The van der Waals surface area contributed by atoms with E-state index >= 15 is 0 Å². The van der Waals surface area contributed by atoms with Gasteiger partial charge in [0.1, 0.15) is 13.2 Å². The van der Waals surface area contributed by atoms with Gasteiger partial charge in [0.05, 0.1) is 11.3 Å². The molecular weight excluding hydrogens is 322 g/mol. The molecule has 0 saturated carbocycles. The predicted octanol–water partition coefficient (Wildman–Crippen LogP) is 3.43. The molecule has 0 saturated heterocycles. The van der Waals surface area contributed by atoms with Gasteiger partial charge in [0.25, 0.3) is 0 Å². The minimum Gasteiger partial charge on any atom is -0.486 e. The Morgan fingerprint density at radius 2 is 1.87 bits per heavy atom. The number of amides is 1. The lowest BCUT2D eigenvalue weighted by Crippen LogP contribution is -2.18. The van der Waals surface area contributed by atoms with Crippen LogP contribution >= 0.6 is 11.6 Å². The Hall–Kier alpha value is -2.73. The Balaban J connectivity index is 2.07. The molecule has 1 aliphatic rings. The van der Waals surface area contributed by atoms with Crippen molar-refractivity contribution in [2.75, 3.05) is 18.5 Å². The second-order valence-corrected chi connectivity index (χ2v) is 5.22. The molecule has 1 heterocycles. The van der Waals surface area contributed by atoms with Gasteiger partial charge in [0, 0.05) is 10.6 Å². The van der Waals surface area contributed by atoms with E-state index < -0.39 is 11.9 Å². The summed E-state index contributed by atoms with van der Waals surface area (Å²) in [5, 5.41) is 11.4. The minimum absolute atomic E-state index is 0.141. The molecule has 6 nitrogen and oxygen atoms in total. The van der Waals surface area contributed by atoms with E-state index in [1.165, 1.54) is 18.2 Å². The quantitative estimate of drug-likeness (QED) is 0.840. The van der Waals surface area contributed by atoms with Crippen LogP contribution in [0.15, 0.2) is 36.4 Å². The third-order valence-corrected chi connectivity index (χ3v) is 3.51. The highest BCUT2D eigenvalue weighted by Gasteiger charge is 2.23. The van der Waals surface area contributed by atoms with Gasteiger partial charge in [-0.25, -0.2) is 4.79 Å². The molecule has 0 fully saturated rings. The van der Waals surface area contributed by atoms with Crippen LogP contribution in [-0.4, -0.2) is 30.2 Å². The fourth-order valence-corrected chi connectivity index (χ4v) is 2.50. The van der Waals surface area contributed by atoms with E-state index in [-0.39, 0.29) is 16.8 Å².